The third kappa shape index (κ3) is 4.38. The summed E-state index contributed by atoms with van der Waals surface area (Å²) in [5.74, 6) is -0.113. The van der Waals surface area contributed by atoms with Crippen LogP contribution in [-0.2, 0) is 6.54 Å². The van der Waals surface area contributed by atoms with Crippen molar-refractivity contribution in [2.45, 2.75) is 45.1 Å². The van der Waals surface area contributed by atoms with Crippen molar-refractivity contribution in [2.24, 2.45) is 0 Å². The summed E-state index contributed by atoms with van der Waals surface area (Å²) in [6.07, 6.45) is -1.30. The van der Waals surface area contributed by atoms with E-state index in [2.05, 4.69) is 32.5 Å². The van der Waals surface area contributed by atoms with Gasteiger partial charge in [-0.3, -0.25) is 4.90 Å². The molecule has 0 N–H and O–H groups in total. The molecule has 1 aromatic carbocycles. The topological polar surface area (TPSA) is 12.5 Å². The number of hydrogen-bond donors (Lipinski definition) is 0. The van der Waals surface area contributed by atoms with Crippen LogP contribution in [0.4, 0.5) is 13.2 Å². The van der Waals surface area contributed by atoms with Crippen LogP contribution in [-0.4, -0.2) is 23.8 Å². The highest BCUT2D eigenvalue weighted by molar-refractivity contribution is 9.10. The van der Waals surface area contributed by atoms with Gasteiger partial charge in [-0.2, -0.15) is 0 Å². The van der Waals surface area contributed by atoms with Gasteiger partial charge in [0.1, 0.15) is 5.75 Å². The maximum atomic E-state index is 12.4. The number of ether oxygens (including phenoxy) is 1. The van der Waals surface area contributed by atoms with Crippen molar-refractivity contribution in [3.05, 3.63) is 28.2 Å². The molecule has 1 aromatic rings. The van der Waals surface area contributed by atoms with E-state index in [1.54, 1.807) is 12.1 Å². The Morgan fingerprint density at radius 3 is 2.75 bits per heavy atom. The fraction of sp³-hybridized carbons (Fsp3) is 0.571. The van der Waals surface area contributed by atoms with Crippen molar-refractivity contribution in [3.63, 3.8) is 0 Å². The lowest BCUT2D eigenvalue weighted by Crippen LogP contribution is -2.37. The van der Waals surface area contributed by atoms with Crippen LogP contribution >= 0.6 is 15.9 Å². The molecular formula is C14H17BrF3NO. The lowest BCUT2D eigenvalue weighted by molar-refractivity contribution is -0.275. The third-order valence-corrected chi connectivity index (χ3v) is 4.06. The predicted octanol–water partition coefficient (Wildman–Crippen LogP) is 4.72. The zero-order chi connectivity index (χ0) is 14.8. The number of rotatable bonds is 3. The highest BCUT2D eigenvalue weighted by Gasteiger charge is 2.32. The molecule has 1 heterocycles. The SMILES string of the molecule is CC1CCCCN1Cc1cc(Br)ccc1OC(F)(F)F. The van der Waals surface area contributed by atoms with Gasteiger partial charge in [-0.05, 0) is 44.5 Å². The Labute approximate surface area is 125 Å². The summed E-state index contributed by atoms with van der Waals surface area (Å²) >= 11 is 3.30. The number of nitrogens with zero attached hydrogens (tertiary/aromatic N) is 1. The smallest absolute Gasteiger partial charge is 0.405 e. The Hall–Kier alpha value is -0.750. The first-order valence-electron chi connectivity index (χ1n) is 6.63. The molecule has 1 aliphatic heterocycles. The molecule has 0 saturated carbocycles. The average molecular weight is 352 g/mol. The summed E-state index contributed by atoms with van der Waals surface area (Å²) in [5.41, 5.74) is 0.561. The molecule has 1 unspecified atom stereocenters. The van der Waals surface area contributed by atoms with Crippen molar-refractivity contribution in [3.8, 4) is 5.75 Å². The van der Waals surface area contributed by atoms with E-state index >= 15 is 0 Å². The first-order chi connectivity index (χ1) is 9.35. The minimum absolute atomic E-state index is 0.113. The minimum atomic E-state index is -4.66. The average Bonchev–Trinajstić information content (AvgIpc) is 2.34. The molecule has 1 atom stereocenters. The van der Waals surface area contributed by atoms with Crippen molar-refractivity contribution >= 4 is 15.9 Å². The van der Waals surface area contributed by atoms with Crippen molar-refractivity contribution in [1.29, 1.82) is 0 Å². The van der Waals surface area contributed by atoms with Gasteiger partial charge in [0, 0.05) is 22.6 Å². The normalized spacial score (nSPS) is 20.9. The largest absolute Gasteiger partial charge is 0.573 e. The van der Waals surface area contributed by atoms with Crippen LogP contribution in [0.25, 0.3) is 0 Å². The van der Waals surface area contributed by atoms with Gasteiger partial charge in [-0.25, -0.2) is 0 Å². The molecule has 0 spiro atoms. The third-order valence-electron chi connectivity index (χ3n) is 3.56. The van der Waals surface area contributed by atoms with E-state index in [0.29, 0.717) is 18.2 Å². The molecule has 1 saturated heterocycles. The molecule has 112 valence electrons. The van der Waals surface area contributed by atoms with Gasteiger partial charge in [-0.15, -0.1) is 13.2 Å². The minimum Gasteiger partial charge on any atom is -0.405 e. The molecule has 2 rings (SSSR count). The van der Waals surface area contributed by atoms with Gasteiger partial charge >= 0.3 is 6.36 Å². The Kier molecular flexibility index (Phi) is 4.96. The molecule has 0 amide bonds. The lowest BCUT2D eigenvalue weighted by Gasteiger charge is -2.33. The number of likely N-dealkylation sites (tertiary alicyclic amines) is 1. The molecule has 0 aromatic heterocycles. The molecular weight excluding hydrogens is 335 g/mol. The molecule has 1 fully saturated rings. The number of alkyl halides is 3. The Morgan fingerprint density at radius 1 is 1.35 bits per heavy atom. The highest BCUT2D eigenvalue weighted by Crippen LogP contribution is 2.31. The van der Waals surface area contributed by atoms with Gasteiger partial charge in [0.2, 0.25) is 0 Å². The first-order valence-corrected chi connectivity index (χ1v) is 7.43. The maximum Gasteiger partial charge on any atom is 0.573 e. The van der Waals surface area contributed by atoms with Crippen LogP contribution in [0.5, 0.6) is 5.75 Å². The highest BCUT2D eigenvalue weighted by atomic mass is 79.9. The van der Waals surface area contributed by atoms with E-state index in [-0.39, 0.29) is 5.75 Å². The zero-order valence-corrected chi connectivity index (χ0v) is 12.8. The van der Waals surface area contributed by atoms with Gasteiger partial charge in [0.15, 0.2) is 0 Å². The van der Waals surface area contributed by atoms with Crippen LogP contribution in [0, 0.1) is 0 Å². The molecule has 0 aliphatic carbocycles. The summed E-state index contributed by atoms with van der Waals surface area (Å²) in [6, 6.07) is 5.01. The van der Waals surface area contributed by atoms with E-state index < -0.39 is 6.36 Å². The van der Waals surface area contributed by atoms with Crippen LogP contribution < -0.4 is 4.74 Å². The van der Waals surface area contributed by atoms with Crippen molar-refractivity contribution in [2.75, 3.05) is 6.54 Å². The lowest BCUT2D eigenvalue weighted by atomic mass is 10.0. The van der Waals surface area contributed by atoms with E-state index in [9.17, 15) is 13.2 Å². The number of hydrogen-bond acceptors (Lipinski definition) is 2. The standard InChI is InChI=1S/C14H17BrF3NO/c1-10-4-2-3-7-19(10)9-11-8-12(15)5-6-13(11)20-14(16,17)18/h5-6,8,10H,2-4,7,9H2,1H3. The monoisotopic (exact) mass is 351 g/mol. The van der Waals surface area contributed by atoms with E-state index in [0.717, 1.165) is 23.9 Å². The molecule has 0 bridgehead atoms. The summed E-state index contributed by atoms with van der Waals surface area (Å²) in [4.78, 5) is 2.20. The van der Waals surface area contributed by atoms with Gasteiger partial charge in [-0.1, -0.05) is 22.4 Å². The Balaban J connectivity index is 2.18. The van der Waals surface area contributed by atoms with Crippen molar-refractivity contribution in [1.82, 2.24) is 4.90 Å². The summed E-state index contributed by atoms with van der Waals surface area (Å²) in [5, 5.41) is 0. The Morgan fingerprint density at radius 2 is 2.10 bits per heavy atom. The maximum absolute atomic E-state index is 12.4. The van der Waals surface area contributed by atoms with Crippen LogP contribution in [0.2, 0.25) is 0 Å². The molecule has 0 radical (unpaired) electrons. The summed E-state index contributed by atoms with van der Waals surface area (Å²) in [7, 11) is 0. The van der Waals surface area contributed by atoms with Gasteiger partial charge < -0.3 is 4.74 Å². The van der Waals surface area contributed by atoms with E-state index in [4.69, 9.17) is 0 Å². The Bertz CT molecular complexity index is 464. The zero-order valence-electron chi connectivity index (χ0n) is 11.2. The fourth-order valence-corrected chi connectivity index (χ4v) is 2.92. The summed E-state index contributed by atoms with van der Waals surface area (Å²) in [6.45, 7) is 3.51. The summed E-state index contributed by atoms with van der Waals surface area (Å²) < 4.78 is 42.2. The number of benzene rings is 1. The molecule has 20 heavy (non-hydrogen) atoms. The predicted molar refractivity (Wildman–Crippen MR) is 74.5 cm³/mol. The van der Waals surface area contributed by atoms with Crippen LogP contribution in [0.3, 0.4) is 0 Å². The van der Waals surface area contributed by atoms with Gasteiger partial charge in [0.05, 0.1) is 0 Å². The van der Waals surface area contributed by atoms with E-state index in [1.165, 1.54) is 12.5 Å². The number of halogens is 4. The second-order valence-corrected chi connectivity index (χ2v) is 6.03. The van der Waals surface area contributed by atoms with Crippen LogP contribution in [0.15, 0.2) is 22.7 Å². The molecule has 2 nitrogen and oxygen atoms in total. The van der Waals surface area contributed by atoms with Crippen molar-refractivity contribution < 1.29 is 17.9 Å². The quantitative estimate of drug-likeness (QED) is 0.780. The molecule has 6 heteroatoms. The number of piperidine rings is 1. The second kappa shape index (κ2) is 6.35. The fourth-order valence-electron chi connectivity index (χ4n) is 2.51. The van der Waals surface area contributed by atoms with Crippen LogP contribution in [0.1, 0.15) is 31.7 Å². The van der Waals surface area contributed by atoms with E-state index in [1.807, 2.05) is 0 Å². The second-order valence-electron chi connectivity index (χ2n) is 5.12. The first kappa shape index (κ1) is 15.6. The molecule has 1 aliphatic rings. The van der Waals surface area contributed by atoms with Gasteiger partial charge in [0.25, 0.3) is 0 Å².